The highest BCUT2D eigenvalue weighted by atomic mass is 32.1. The summed E-state index contributed by atoms with van der Waals surface area (Å²) in [6, 6.07) is -0.558. The second kappa shape index (κ2) is 5.16. The lowest BCUT2D eigenvalue weighted by atomic mass is 10.3. The molecule has 0 fully saturated rings. The van der Waals surface area contributed by atoms with Gasteiger partial charge >= 0.3 is 5.97 Å². The van der Waals surface area contributed by atoms with E-state index in [9.17, 15) is 9.59 Å². The van der Waals surface area contributed by atoms with Gasteiger partial charge in [0.1, 0.15) is 6.04 Å². The Morgan fingerprint density at radius 1 is 1.58 bits per heavy atom. The second-order valence-electron chi connectivity index (χ2n) is 2.64. The number of thiol groups is 1. The van der Waals surface area contributed by atoms with Gasteiger partial charge in [0.05, 0.1) is 0 Å². The van der Waals surface area contributed by atoms with Crippen molar-refractivity contribution in [1.82, 2.24) is 4.90 Å². The summed E-state index contributed by atoms with van der Waals surface area (Å²) in [6.07, 6.45) is 0.275. The molecule has 0 rings (SSSR count). The molecule has 0 bridgehead atoms. The molecule has 0 aromatic heterocycles. The molecule has 0 aliphatic carbocycles. The highest BCUT2D eigenvalue weighted by molar-refractivity contribution is 7.96. The van der Waals surface area contributed by atoms with Crippen molar-refractivity contribution in [1.29, 1.82) is 0 Å². The molecule has 1 N–H and O–H groups in total. The number of nitrogens with zero attached hydrogens (tertiary/aromatic N) is 1. The fourth-order valence-electron chi connectivity index (χ4n) is 0.654. The molecule has 70 valence electrons. The van der Waals surface area contributed by atoms with Crippen molar-refractivity contribution in [2.45, 2.75) is 19.4 Å². The van der Waals surface area contributed by atoms with Crippen molar-refractivity contribution in [3.8, 4) is 0 Å². The summed E-state index contributed by atoms with van der Waals surface area (Å²) in [7, 11) is 1.66. The number of carbonyl (C=O) groups is 2. The van der Waals surface area contributed by atoms with E-state index < -0.39 is 12.0 Å². The molecule has 0 saturated heterocycles. The van der Waals surface area contributed by atoms with Crippen LogP contribution in [-0.4, -0.2) is 40.7 Å². The summed E-state index contributed by atoms with van der Waals surface area (Å²) >= 11 is 3.58. The van der Waals surface area contributed by atoms with E-state index in [1.54, 1.807) is 18.9 Å². The fourth-order valence-corrected chi connectivity index (χ4v) is 0.754. The zero-order chi connectivity index (χ0) is 9.72. The van der Waals surface area contributed by atoms with Crippen LogP contribution in [-0.2, 0) is 9.59 Å². The number of hydrogen-bond acceptors (Lipinski definition) is 3. The Labute approximate surface area is 77.0 Å². The van der Waals surface area contributed by atoms with Gasteiger partial charge in [-0.1, -0.05) is 0 Å². The fraction of sp³-hybridized carbons (Fsp3) is 0.714. The van der Waals surface area contributed by atoms with E-state index in [4.69, 9.17) is 5.11 Å². The lowest BCUT2D eigenvalue weighted by molar-refractivity contribution is -0.142. The van der Waals surface area contributed by atoms with Crippen LogP contribution in [0.15, 0.2) is 0 Å². The summed E-state index contributed by atoms with van der Waals surface area (Å²) in [4.78, 5) is 22.5. The summed E-state index contributed by atoms with van der Waals surface area (Å²) in [5.41, 5.74) is 0. The van der Waals surface area contributed by atoms with E-state index in [-0.39, 0.29) is 11.5 Å². The predicted octanol–water partition coefficient (Wildman–Crippen LogP) is 0.238. The molecule has 0 aliphatic rings. The Bertz CT molecular complexity index is 183. The van der Waals surface area contributed by atoms with Crippen molar-refractivity contribution in [3.63, 3.8) is 0 Å². The standard InChI is InChI=1S/C7H13NO3S/c1-5(7(10)11)8(2)4-3-6(9)12/h5H,3-4H2,1-2H3,(H,9,12)(H,10,11)/t5-/m0/s1. The Morgan fingerprint density at radius 2 is 2.08 bits per heavy atom. The third-order valence-electron chi connectivity index (χ3n) is 1.70. The number of carbonyl (C=O) groups excluding carboxylic acids is 1. The Kier molecular flexibility index (Phi) is 4.92. The number of rotatable bonds is 5. The Hall–Kier alpha value is -0.550. The minimum Gasteiger partial charge on any atom is -0.480 e. The van der Waals surface area contributed by atoms with Crippen LogP contribution >= 0.6 is 12.6 Å². The summed E-state index contributed by atoms with van der Waals surface area (Å²) in [5, 5.41) is 8.35. The maximum Gasteiger partial charge on any atom is 0.320 e. The van der Waals surface area contributed by atoms with Gasteiger partial charge in [-0.05, 0) is 14.0 Å². The smallest absolute Gasteiger partial charge is 0.320 e. The van der Waals surface area contributed by atoms with Gasteiger partial charge in [-0.25, -0.2) is 0 Å². The van der Waals surface area contributed by atoms with Gasteiger partial charge in [-0.15, -0.1) is 12.6 Å². The zero-order valence-corrected chi connectivity index (χ0v) is 8.04. The van der Waals surface area contributed by atoms with Crippen LogP contribution in [0.3, 0.4) is 0 Å². The van der Waals surface area contributed by atoms with Crippen molar-refractivity contribution in [3.05, 3.63) is 0 Å². The molecule has 1 atom stereocenters. The Balaban J connectivity index is 3.79. The monoisotopic (exact) mass is 191 g/mol. The normalized spacial score (nSPS) is 13.0. The number of hydrogen-bond donors (Lipinski definition) is 2. The maximum atomic E-state index is 10.4. The summed E-state index contributed by atoms with van der Waals surface area (Å²) in [6.45, 7) is 2.00. The topological polar surface area (TPSA) is 57.6 Å². The quantitative estimate of drug-likeness (QED) is 0.611. The van der Waals surface area contributed by atoms with E-state index >= 15 is 0 Å². The third kappa shape index (κ3) is 4.35. The third-order valence-corrected chi connectivity index (χ3v) is 1.92. The van der Waals surface area contributed by atoms with Gasteiger partial charge in [-0.2, -0.15) is 0 Å². The van der Waals surface area contributed by atoms with E-state index in [0.717, 1.165) is 0 Å². The van der Waals surface area contributed by atoms with Crippen LogP contribution in [0.4, 0.5) is 0 Å². The van der Waals surface area contributed by atoms with Crippen LogP contribution in [0.1, 0.15) is 13.3 Å². The van der Waals surface area contributed by atoms with Crippen molar-refractivity contribution in [2.75, 3.05) is 13.6 Å². The van der Waals surface area contributed by atoms with E-state index in [0.29, 0.717) is 6.54 Å². The predicted molar refractivity (Wildman–Crippen MR) is 48.3 cm³/mol. The number of likely N-dealkylation sites (N-methyl/N-ethyl adjacent to an activating group) is 1. The van der Waals surface area contributed by atoms with E-state index in [1.165, 1.54) is 0 Å². The summed E-state index contributed by atoms with van der Waals surface area (Å²) < 4.78 is 0. The molecule has 0 radical (unpaired) electrons. The van der Waals surface area contributed by atoms with Crippen molar-refractivity contribution in [2.24, 2.45) is 0 Å². The number of aliphatic carboxylic acids is 1. The van der Waals surface area contributed by atoms with Crippen molar-refractivity contribution >= 4 is 23.7 Å². The first-order valence-corrected chi connectivity index (χ1v) is 4.04. The van der Waals surface area contributed by atoms with Gasteiger partial charge in [-0.3, -0.25) is 14.5 Å². The number of carboxylic acid groups (broad SMARTS) is 1. The van der Waals surface area contributed by atoms with Gasteiger partial charge in [0.25, 0.3) is 0 Å². The molecule has 0 unspecified atom stereocenters. The summed E-state index contributed by atoms with van der Waals surface area (Å²) in [5.74, 6) is -0.885. The average Bonchev–Trinajstić information content (AvgIpc) is 1.98. The number of carboxylic acids is 1. The molecule has 5 heteroatoms. The molecule has 4 nitrogen and oxygen atoms in total. The largest absolute Gasteiger partial charge is 0.480 e. The van der Waals surface area contributed by atoms with E-state index in [1.807, 2.05) is 0 Å². The highest BCUT2D eigenvalue weighted by Crippen LogP contribution is 1.98. The minimum absolute atomic E-state index is 0.223. The van der Waals surface area contributed by atoms with Crippen LogP contribution < -0.4 is 0 Å². The molecular weight excluding hydrogens is 178 g/mol. The molecule has 0 spiro atoms. The second-order valence-corrected chi connectivity index (χ2v) is 3.14. The molecule has 0 aliphatic heterocycles. The van der Waals surface area contributed by atoms with Crippen LogP contribution in [0.5, 0.6) is 0 Å². The van der Waals surface area contributed by atoms with Gasteiger partial charge in [0.2, 0.25) is 0 Å². The lowest BCUT2D eigenvalue weighted by Crippen LogP contribution is -2.36. The van der Waals surface area contributed by atoms with Crippen molar-refractivity contribution < 1.29 is 14.7 Å². The highest BCUT2D eigenvalue weighted by Gasteiger charge is 2.16. The van der Waals surface area contributed by atoms with Gasteiger partial charge in [0, 0.05) is 13.0 Å². The SMILES string of the molecule is C[C@@H](C(=O)O)N(C)CCC(=O)S. The van der Waals surface area contributed by atoms with Gasteiger partial charge in [0.15, 0.2) is 5.12 Å². The zero-order valence-electron chi connectivity index (χ0n) is 7.15. The molecular formula is C7H13NO3S. The molecule has 12 heavy (non-hydrogen) atoms. The first kappa shape index (κ1) is 11.4. The van der Waals surface area contributed by atoms with Crippen LogP contribution in [0, 0.1) is 0 Å². The first-order chi connectivity index (χ1) is 5.45. The van der Waals surface area contributed by atoms with Crippen LogP contribution in [0.2, 0.25) is 0 Å². The average molecular weight is 191 g/mol. The van der Waals surface area contributed by atoms with E-state index in [2.05, 4.69) is 12.6 Å². The van der Waals surface area contributed by atoms with Gasteiger partial charge < -0.3 is 5.11 Å². The molecule has 0 saturated carbocycles. The molecule has 0 aromatic rings. The molecule has 0 amide bonds. The maximum absolute atomic E-state index is 10.4. The van der Waals surface area contributed by atoms with Crippen LogP contribution in [0.25, 0.3) is 0 Å². The molecule has 0 heterocycles. The molecule has 0 aromatic carbocycles. The lowest BCUT2D eigenvalue weighted by Gasteiger charge is -2.19. The Morgan fingerprint density at radius 3 is 2.42 bits per heavy atom. The minimum atomic E-state index is -0.885. The first-order valence-electron chi connectivity index (χ1n) is 3.60.